The molecule has 5 heteroatoms. The number of carbonyl (C=O) groups is 1. The van der Waals surface area contributed by atoms with E-state index in [1.54, 1.807) is 11.3 Å². The number of thiazole rings is 1. The molecule has 1 aliphatic rings. The molecule has 1 aliphatic carbocycles. The zero-order chi connectivity index (χ0) is 15.9. The fourth-order valence-electron chi connectivity index (χ4n) is 3.02. The predicted molar refractivity (Wildman–Crippen MR) is 95.6 cm³/mol. The molecule has 0 radical (unpaired) electrons. The summed E-state index contributed by atoms with van der Waals surface area (Å²) in [5.74, 6) is 0.790. The smallest absolute Gasteiger partial charge is 0.220 e. The second kappa shape index (κ2) is 8.11. The number of aromatic nitrogens is 1. The highest BCUT2D eigenvalue weighted by molar-refractivity contribution is 7.14. The van der Waals surface area contributed by atoms with Crippen molar-refractivity contribution in [1.29, 1.82) is 0 Å². The molecule has 2 N–H and O–H groups in total. The number of benzene rings is 1. The van der Waals surface area contributed by atoms with Crippen LogP contribution in [0.2, 0.25) is 0 Å². The van der Waals surface area contributed by atoms with E-state index in [-0.39, 0.29) is 5.91 Å². The molecular weight excluding hydrogens is 306 g/mol. The molecule has 1 amide bonds. The molecule has 0 aliphatic heterocycles. The van der Waals surface area contributed by atoms with Gasteiger partial charge in [-0.1, -0.05) is 43.2 Å². The van der Waals surface area contributed by atoms with Gasteiger partial charge in [0.05, 0.1) is 5.69 Å². The summed E-state index contributed by atoms with van der Waals surface area (Å²) in [5.41, 5.74) is 2.12. The highest BCUT2D eigenvalue weighted by atomic mass is 32.1. The zero-order valence-electron chi connectivity index (χ0n) is 13.3. The second-order valence-electron chi connectivity index (χ2n) is 6.04. The van der Waals surface area contributed by atoms with Gasteiger partial charge in [-0.3, -0.25) is 4.79 Å². The van der Waals surface area contributed by atoms with E-state index < -0.39 is 0 Å². The fourth-order valence-corrected chi connectivity index (χ4v) is 3.77. The van der Waals surface area contributed by atoms with Crippen LogP contribution in [-0.2, 0) is 4.79 Å². The van der Waals surface area contributed by atoms with Crippen LogP contribution in [0.1, 0.15) is 32.1 Å². The Hall–Kier alpha value is -1.88. The molecule has 0 atom stereocenters. The minimum Gasteiger partial charge on any atom is -0.360 e. The maximum absolute atomic E-state index is 11.8. The molecule has 0 bridgehead atoms. The zero-order valence-corrected chi connectivity index (χ0v) is 14.1. The van der Waals surface area contributed by atoms with Gasteiger partial charge in [0.2, 0.25) is 5.91 Å². The van der Waals surface area contributed by atoms with Gasteiger partial charge in [0, 0.05) is 30.5 Å². The summed E-state index contributed by atoms with van der Waals surface area (Å²) in [7, 11) is 0. The van der Waals surface area contributed by atoms with E-state index in [4.69, 9.17) is 0 Å². The van der Waals surface area contributed by atoms with E-state index in [2.05, 4.69) is 33.1 Å². The van der Waals surface area contributed by atoms with E-state index >= 15 is 0 Å². The topological polar surface area (TPSA) is 54.0 Å². The van der Waals surface area contributed by atoms with Crippen molar-refractivity contribution in [3.05, 3.63) is 35.7 Å². The highest BCUT2D eigenvalue weighted by Gasteiger charge is 2.17. The highest BCUT2D eigenvalue weighted by Crippen LogP contribution is 2.27. The number of hydrogen-bond acceptors (Lipinski definition) is 4. The summed E-state index contributed by atoms with van der Waals surface area (Å²) in [6, 6.07) is 10.1. The Morgan fingerprint density at radius 3 is 2.74 bits per heavy atom. The minimum absolute atomic E-state index is 0.183. The first-order chi connectivity index (χ1) is 11.3. The quantitative estimate of drug-likeness (QED) is 0.757. The van der Waals surface area contributed by atoms with Crippen molar-refractivity contribution < 1.29 is 4.79 Å². The Balaban J connectivity index is 1.37. The molecule has 1 fully saturated rings. The van der Waals surface area contributed by atoms with Crippen molar-refractivity contribution in [3.8, 4) is 11.3 Å². The molecule has 1 heterocycles. The lowest BCUT2D eigenvalue weighted by Crippen LogP contribution is -2.29. The molecule has 2 aromatic rings. The van der Waals surface area contributed by atoms with Gasteiger partial charge in [0.25, 0.3) is 0 Å². The van der Waals surface area contributed by atoms with Crippen LogP contribution in [0.4, 0.5) is 5.13 Å². The van der Waals surface area contributed by atoms with Crippen molar-refractivity contribution in [2.75, 3.05) is 18.4 Å². The van der Waals surface area contributed by atoms with E-state index in [1.165, 1.54) is 25.7 Å². The van der Waals surface area contributed by atoms with Gasteiger partial charge in [-0.25, -0.2) is 4.98 Å². The van der Waals surface area contributed by atoms with Crippen LogP contribution in [0.25, 0.3) is 11.3 Å². The Bertz CT molecular complexity index is 620. The Kier molecular flexibility index (Phi) is 5.64. The first-order valence-corrected chi connectivity index (χ1v) is 9.21. The number of nitrogens with zero attached hydrogens (tertiary/aromatic N) is 1. The number of anilines is 1. The average molecular weight is 329 g/mol. The second-order valence-corrected chi connectivity index (χ2v) is 6.89. The first kappa shape index (κ1) is 16.0. The van der Waals surface area contributed by atoms with Crippen molar-refractivity contribution in [3.63, 3.8) is 0 Å². The molecule has 0 saturated heterocycles. The number of amides is 1. The molecule has 122 valence electrons. The maximum atomic E-state index is 11.8. The SMILES string of the molecule is O=C(CC1CCCC1)NCCNc1nc(-c2ccccc2)cs1. The van der Waals surface area contributed by atoms with Crippen LogP contribution in [0.5, 0.6) is 0 Å². The Morgan fingerprint density at radius 1 is 1.17 bits per heavy atom. The van der Waals surface area contributed by atoms with Gasteiger partial charge in [0.15, 0.2) is 5.13 Å². The monoisotopic (exact) mass is 329 g/mol. The molecule has 4 nitrogen and oxygen atoms in total. The molecule has 3 rings (SSSR count). The lowest BCUT2D eigenvalue weighted by atomic mass is 10.0. The third-order valence-corrected chi connectivity index (χ3v) is 5.05. The standard InChI is InChI=1S/C18H23N3OS/c22-17(12-14-6-4-5-7-14)19-10-11-20-18-21-16(13-23-18)15-8-2-1-3-9-15/h1-3,8-9,13-14H,4-7,10-12H2,(H,19,22)(H,20,21). The Morgan fingerprint density at radius 2 is 1.96 bits per heavy atom. The van der Waals surface area contributed by atoms with Gasteiger partial charge in [-0.15, -0.1) is 11.3 Å². The van der Waals surface area contributed by atoms with Crippen LogP contribution < -0.4 is 10.6 Å². The molecule has 0 spiro atoms. The summed E-state index contributed by atoms with van der Waals surface area (Å²) in [6.45, 7) is 1.35. The van der Waals surface area contributed by atoms with Gasteiger partial charge in [0.1, 0.15) is 0 Å². The van der Waals surface area contributed by atoms with Crippen molar-refractivity contribution in [1.82, 2.24) is 10.3 Å². The molecular formula is C18H23N3OS. The van der Waals surface area contributed by atoms with E-state index in [0.717, 1.165) is 16.4 Å². The molecule has 23 heavy (non-hydrogen) atoms. The predicted octanol–water partition coefficient (Wildman–Crippen LogP) is 3.92. The third-order valence-electron chi connectivity index (χ3n) is 4.25. The van der Waals surface area contributed by atoms with Crippen molar-refractivity contribution in [2.45, 2.75) is 32.1 Å². The fraction of sp³-hybridized carbons (Fsp3) is 0.444. The van der Waals surface area contributed by atoms with Crippen molar-refractivity contribution >= 4 is 22.4 Å². The first-order valence-electron chi connectivity index (χ1n) is 8.33. The van der Waals surface area contributed by atoms with Crippen LogP contribution in [0.3, 0.4) is 0 Å². The van der Waals surface area contributed by atoms with Gasteiger partial charge in [-0.05, 0) is 18.8 Å². The minimum atomic E-state index is 0.183. The average Bonchev–Trinajstić information content (AvgIpc) is 3.24. The van der Waals surface area contributed by atoms with Gasteiger partial charge in [-0.2, -0.15) is 0 Å². The lowest BCUT2D eigenvalue weighted by molar-refractivity contribution is -0.121. The van der Waals surface area contributed by atoms with Crippen LogP contribution >= 0.6 is 11.3 Å². The van der Waals surface area contributed by atoms with E-state index in [0.29, 0.717) is 25.4 Å². The largest absolute Gasteiger partial charge is 0.360 e. The summed E-state index contributed by atoms with van der Waals surface area (Å²) >= 11 is 1.59. The number of carbonyl (C=O) groups excluding carboxylic acids is 1. The van der Waals surface area contributed by atoms with Gasteiger partial charge >= 0.3 is 0 Å². The van der Waals surface area contributed by atoms with E-state index in [9.17, 15) is 4.79 Å². The maximum Gasteiger partial charge on any atom is 0.220 e. The molecule has 1 saturated carbocycles. The number of hydrogen-bond donors (Lipinski definition) is 2. The number of rotatable bonds is 7. The molecule has 0 unspecified atom stereocenters. The summed E-state index contributed by atoms with van der Waals surface area (Å²) < 4.78 is 0. The van der Waals surface area contributed by atoms with E-state index in [1.807, 2.05) is 18.2 Å². The number of nitrogens with one attached hydrogen (secondary N) is 2. The third kappa shape index (κ3) is 4.79. The van der Waals surface area contributed by atoms with Crippen LogP contribution in [0, 0.1) is 5.92 Å². The van der Waals surface area contributed by atoms with Gasteiger partial charge < -0.3 is 10.6 Å². The van der Waals surface area contributed by atoms with Crippen molar-refractivity contribution in [2.24, 2.45) is 5.92 Å². The molecule has 1 aromatic carbocycles. The Labute approximate surface area is 141 Å². The van der Waals surface area contributed by atoms with Crippen LogP contribution in [0.15, 0.2) is 35.7 Å². The molecule has 1 aromatic heterocycles. The summed E-state index contributed by atoms with van der Waals surface area (Å²) in [6.07, 6.45) is 5.69. The lowest BCUT2D eigenvalue weighted by Gasteiger charge is -2.09. The normalized spacial score (nSPS) is 14.8. The summed E-state index contributed by atoms with van der Waals surface area (Å²) in [4.78, 5) is 16.4. The van der Waals surface area contributed by atoms with Crippen LogP contribution in [-0.4, -0.2) is 24.0 Å². The summed E-state index contributed by atoms with van der Waals surface area (Å²) in [5, 5.41) is 9.22.